The van der Waals surface area contributed by atoms with Gasteiger partial charge in [-0.2, -0.15) is 0 Å². The molecule has 0 aliphatic carbocycles. The van der Waals surface area contributed by atoms with Crippen LogP contribution in [0.1, 0.15) is 27.0 Å². The molecule has 0 aromatic carbocycles. The first-order chi connectivity index (χ1) is 10.7. The molecule has 4 atom stereocenters. The number of aliphatic hydroxyl groups excluding tert-OH is 1. The maximum absolute atomic E-state index is 15.2. The highest BCUT2D eigenvalue weighted by Crippen LogP contribution is 2.42. The van der Waals surface area contributed by atoms with Crippen LogP contribution in [-0.4, -0.2) is 45.1 Å². The number of hydrogen-bond acceptors (Lipinski definition) is 6. The Morgan fingerprint density at radius 1 is 1.57 bits per heavy atom. The topological polar surface area (TPSA) is 111 Å². The predicted molar refractivity (Wildman–Crippen MR) is 76.5 cm³/mol. The van der Waals surface area contributed by atoms with E-state index in [1.165, 1.54) is 0 Å². The largest absolute Gasteiger partial charge is 0.456 e. The SMILES string of the molecule is CC(C)C(=O)OC1C(CO)OC(n2ccc(=O)[nH]c2=O)C1(C)F. The van der Waals surface area contributed by atoms with Gasteiger partial charge in [-0.05, 0) is 6.92 Å². The molecule has 128 valence electrons. The van der Waals surface area contributed by atoms with Gasteiger partial charge in [0.15, 0.2) is 18.0 Å². The third-order valence-electron chi connectivity index (χ3n) is 3.68. The van der Waals surface area contributed by atoms with Gasteiger partial charge in [0.1, 0.15) is 6.10 Å². The zero-order valence-corrected chi connectivity index (χ0v) is 13.0. The van der Waals surface area contributed by atoms with Gasteiger partial charge in [-0.25, -0.2) is 9.18 Å². The van der Waals surface area contributed by atoms with E-state index in [9.17, 15) is 19.5 Å². The summed E-state index contributed by atoms with van der Waals surface area (Å²) in [6, 6.07) is 1.04. The van der Waals surface area contributed by atoms with Gasteiger partial charge in [0.05, 0.1) is 12.5 Å². The number of rotatable bonds is 4. The maximum Gasteiger partial charge on any atom is 0.330 e. The second-order valence-corrected chi connectivity index (χ2v) is 5.89. The highest BCUT2D eigenvalue weighted by molar-refractivity contribution is 5.71. The molecule has 2 heterocycles. The van der Waals surface area contributed by atoms with Crippen molar-refractivity contribution in [3.63, 3.8) is 0 Å². The minimum Gasteiger partial charge on any atom is -0.456 e. The summed E-state index contributed by atoms with van der Waals surface area (Å²) in [4.78, 5) is 36.7. The van der Waals surface area contributed by atoms with Crippen LogP contribution in [-0.2, 0) is 14.3 Å². The molecule has 1 saturated heterocycles. The lowest BCUT2D eigenvalue weighted by Crippen LogP contribution is -2.46. The summed E-state index contributed by atoms with van der Waals surface area (Å²) in [5.74, 6) is -1.13. The number of carbonyl (C=O) groups excluding carboxylic acids is 1. The molecule has 1 aromatic rings. The van der Waals surface area contributed by atoms with E-state index in [1.54, 1.807) is 13.8 Å². The Bertz CT molecular complexity index is 695. The van der Waals surface area contributed by atoms with Crippen LogP contribution in [0, 0.1) is 5.92 Å². The van der Waals surface area contributed by atoms with E-state index in [2.05, 4.69) is 0 Å². The molecule has 9 heteroatoms. The molecule has 4 unspecified atom stereocenters. The van der Waals surface area contributed by atoms with Crippen LogP contribution in [0.5, 0.6) is 0 Å². The fraction of sp³-hybridized carbons (Fsp3) is 0.643. The number of nitrogens with zero attached hydrogens (tertiary/aromatic N) is 1. The molecule has 8 nitrogen and oxygen atoms in total. The van der Waals surface area contributed by atoms with Crippen LogP contribution >= 0.6 is 0 Å². The summed E-state index contributed by atoms with van der Waals surface area (Å²) >= 11 is 0. The van der Waals surface area contributed by atoms with Crippen molar-refractivity contribution < 1.29 is 23.8 Å². The van der Waals surface area contributed by atoms with E-state index in [-0.39, 0.29) is 0 Å². The van der Waals surface area contributed by atoms with Crippen LogP contribution < -0.4 is 11.2 Å². The fourth-order valence-corrected chi connectivity index (χ4v) is 2.41. The lowest BCUT2D eigenvalue weighted by atomic mass is 9.98. The Labute approximate surface area is 130 Å². The van der Waals surface area contributed by atoms with Gasteiger partial charge in [-0.15, -0.1) is 0 Å². The number of nitrogens with one attached hydrogen (secondary N) is 1. The summed E-state index contributed by atoms with van der Waals surface area (Å²) in [6.45, 7) is 3.70. The molecule has 0 saturated carbocycles. The third-order valence-corrected chi connectivity index (χ3v) is 3.68. The first-order valence-corrected chi connectivity index (χ1v) is 7.15. The Morgan fingerprint density at radius 2 is 2.22 bits per heavy atom. The molecule has 0 amide bonds. The Hall–Kier alpha value is -2.00. The number of halogens is 1. The average Bonchev–Trinajstić information content (AvgIpc) is 2.70. The minimum atomic E-state index is -2.28. The van der Waals surface area contributed by atoms with Crippen LogP contribution in [0.4, 0.5) is 4.39 Å². The van der Waals surface area contributed by atoms with Gasteiger partial charge in [0, 0.05) is 12.3 Å². The Kier molecular flexibility index (Phi) is 4.71. The van der Waals surface area contributed by atoms with E-state index in [1.807, 2.05) is 4.98 Å². The first kappa shape index (κ1) is 17.4. The molecular formula is C14H19FN2O6. The molecule has 2 N–H and O–H groups in total. The van der Waals surface area contributed by atoms with Gasteiger partial charge >= 0.3 is 11.7 Å². The second kappa shape index (κ2) is 6.25. The molecule has 1 fully saturated rings. The van der Waals surface area contributed by atoms with Gasteiger partial charge in [0.25, 0.3) is 5.56 Å². The zero-order chi connectivity index (χ0) is 17.4. The van der Waals surface area contributed by atoms with Crippen LogP contribution in [0.3, 0.4) is 0 Å². The van der Waals surface area contributed by atoms with E-state index < -0.39 is 53.8 Å². The number of ether oxygens (including phenoxy) is 2. The number of aromatic nitrogens is 2. The van der Waals surface area contributed by atoms with E-state index in [0.717, 1.165) is 23.8 Å². The molecule has 0 radical (unpaired) electrons. The van der Waals surface area contributed by atoms with Crippen molar-refractivity contribution in [3.05, 3.63) is 33.1 Å². The minimum absolute atomic E-state index is 0.486. The van der Waals surface area contributed by atoms with Crippen molar-refractivity contribution in [1.29, 1.82) is 0 Å². The highest BCUT2D eigenvalue weighted by atomic mass is 19.1. The first-order valence-electron chi connectivity index (χ1n) is 7.15. The van der Waals surface area contributed by atoms with Crippen LogP contribution in [0.2, 0.25) is 0 Å². The zero-order valence-electron chi connectivity index (χ0n) is 13.0. The molecule has 2 rings (SSSR count). The van der Waals surface area contributed by atoms with Gasteiger partial charge in [-0.3, -0.25) is 19.1 Å². The monoisotopic (exact) mass is 330 g/mol. The number of aromatic amines is 1. The van der Waals surface area contributed by atoms with Crippen molar-refractivity contribution in [2.24, 2.45) is 5.92 Å². The lowest BCUT2D eigenvalue weighted by Gasteiger charge is -2.28. The van der Waals surface area contributed by atoms with Gasteiger partial charge in [0.2, 0.25) is 0 Å². The van der Waals surface area contributed by atoms with Crippen molar-refractivity contribution in [2.45, 2.75) is 44.9 Å². The summed E-state index contributed by atoms with van der Waals surface area (Å²) in [6.07, 6.45) is -2.87. The van der Waals surface area contributed by atoms with E-state index in [4.69, 9.17) is 9.47 Å². The third kappa shape index (κ3) is 3.20. The number of hydrogen-bond donors (Lipinski definition) is 2. The second-order valence-electron chi connectivity index (χ2n) is 5.89. The average molecular weight is 330 g/mol. The molecule has 1 aliphatic heterocycles. The van der Waals surface area contributed by atoms with Crippen molar-refractivity contribution in [3.8, 4) is 0 Å². The molecule has 0 bridgehead atoms. The maximum atomic E-state index is 15.2. The van der Waals surface area contributed by atoms with E-state index >= 15 is 4.39 Å². The van der Waals surface area contributed by atoms with Crippen molar-refractivity contribution in [2.75, 3.05) is 6.61 Å². The smallest absolute Gasteiger partial charge is 0.330 e. The van der Waals surface area contributed by atoms with Crippen LogP contribution in [0.25, 0.3) is 0 Å². The summed E-state index contributed by atoms with van der Waals surface area (Å²) in [5, 5.41) is 9.37. The molecule has 0 spiro atoms. The van der Waals surface area contributed by atoms with Gasteiger partial charge < -0.3 is 14.6 Å². The lowest BCUT2D eigenvalue weighted by molar-refractivity contribution is -0.162. The number of H-pyrrole nitrogens is 1. The molecular weight excluding hydrogens is 311 g/mol. The molecule has 1 aromatic heterocycles. The number of carbonyl (C=O) groups is 1. The van der Waals surface area contributed by atoms with Crippen molar-refractivity contribution >= 4 is 5.97 Å². The molecule has 1 aliphatic rings. The Morgan fingerprint density at radius 3 is 2.74 bits per heavy atom. The number of esters is 1. The summed E-state index contributed by atoms with van der Waals surface area (Å²) in [7, 11) is 0. The van der Waals surface area contributed by atoms with Crippen LogP contribution in [0.15, 0.2) is 21.9 Å². The quantitative estimate of drug-likeness (QED) is 0.735. The standard InChI is InChI=1S/C14H19FN2O6/c1-7(2)11(20)23-10-8(6-18)22-12(14(10,3)15)17-5-4-9(19)16-13(17)21/h4-5,7-8,10,12,18H,6H2,1-3H3,(H,16,19,21). The summed E-state index contributed by atoms with van der Waals surface area (Å²) < 4.78 is 26.5. The molecule has 23 heavy (non-hydrogen) atoms. The fourth-order valence-electron chi connectivity index (χ4n) is 2.41. The normalized spacial score (nSPS) is 30.6. The van der Waals surface area contributed by atoms with E-state index in [0.29, 0.717) is 0 Å². The summed E-state index contributed by atoms with van der Waals surface area (Å²) in [5.41, 5.74) is -3.77. The predicted octanol–water partition coefficient (Wildman–Crippen LogP) is -0.278. The van der Waals surface area contributed by atoms with Crippen molar-refractivity contribution in [1.82, 2.24) is 9.55 Å². The number of alkyl halides is 1. The number of aliphatic hydroxyl groups is 1. The highest BCUT2D eigenvalue weighted by Gasteiger charge is 2.58. The van der Waals surface area contributed by atoms with Gasteiger partial charge in [-0.1, -0.05) is 13.8 Å². The Balaban J connectivity index is 2.38.